The first kappa shape index (κ1) is 15.5. The first-order valence-electron chi connectivity index (χ1n) is 7.36. The molecule has 0 aliphatic carbocycles. The predicted molar refractivity (Wildman–Crippen MR) is 82.5 cm³/mol. The molecule has 1 atom stereocenters. The quantitative estimate of drug-likeness (QED) is 0.781. The molecular formula is C15H24ClN3O. The van der Waals surface area contributed by atoms with Gasteiger partial charge in [0.25, 0.3) is 0 Å². The van der Waals surface area contributed by atoms with Crippen molar-refractivity contribution in [3.8, 4) is 0 Å². The third-order valence-corrected chi connectivity index (χ3v) is 3.92. The van der Waals surface area contributed by atoms with Gasteiger partial charge in [-0.15, -0.1) is 11.6 Å². The monoisotopic (exact) mass is 297 g/mol. The van der Waals surface area contributed by atoms with Crippen LogP contribution in [0.15, 0.2) is 6.20 Å². The van der Waals surface area contributed by atoms with Crippen LogP contribution in [0.1, 0.15) is 50.5 Å². The third-order valence-electron chi connectivity index (χ3n) is 3.67. The molecule has 0 saturated carbocycles. The van der Waals surface area contributed by atoms with Gasteiger partial charge in [-0.3, -0.25) is 0 Å². The summed E-state index contributed by atoms with van der Waals surface area (Å²) in [5, 5.41) is 0. The summed E-state index contributed by atoms with van der Waals surface area (Å²) in [6, 6.07) is 0. The molecule has 112 valence electrons. The second-order valence-electron chi connectivity index (χ2n) is 5.72. The van der Waals surface area contributed by atoms with Crippen molar-refractivity contribution in [2.24, 2.45) is 0 Å². The SMILES string of the molecule is CC(C)c1ncc(N(C)CC2CCCCO2)c(CCl)n1. The van der Waals surface area contributed by atoms with Crippen molar-refractivity contribution < 1.29 is 4.74 Å². The van der Waals surface area contributed by atoms with Crippen molar-refractivity contribution in [1.82, 2.24) is 9.97 Å². The highest BCUT2D eigenvalue weighted by Crippen LogP contribution is 2.23. The standard InChI is InChI=1S/C15H24ClN3O/c1-11(2)15-17-9-14(13(8-16)18-15)19(3)10-12-6-4-5-7-20-12/h9,11-12H,4-8,10H2,1-3H3. The van der Waals surface area contributed by atoms with Crippen LogP contribution in [0.3, 0.4) is 0 Å². The van der Waals surface area contributed by atoms with Gasteiger partial charge in [0.15, 0.2) is 0 Å². The maximum absolute atomic E-state index is 6.05. The average molecular weight is 298 g/mol. The summed E-state index contributed by atoms with van der Waals surface area (Å²) in [4.78, 5) is 11.2. The molecule has 1 fully saturated rings. The molecule has 2 rings (SSSR count). The zero-order valence-corrected chi connectivity index (χ0v) is 13.4. The predicted octanol–water partition coefficient (Wildman–Crippen LogP) is 3.34. The lowest BCUT2D eigenvalue weighted by molar-refractivity contribution is 0.0216. The van der Waals surface area contributed by atoms with Gasteiger partial charge in [-0.25, -0.2) is 9.97 Å². The fourth-order valence-electron chi connectivity index (χ4n) is 2.48. The Hall–Kier alpha value is -0.870. The van der Waals surface area contributed by atoms with E-state index in [2.05, 4.69) is 35.8 Å². The molecule has 0 N–H and O–H groups in total. The second-order valence-corrected chi connectivity index (χ2v) is 5.98. The summed E-state index contributed by atoms with van der Waals surface area (Å²) in [6.45, 7) is 5.93. The zero-order chi connectivity index (χ0) is 14.5. The van der Waals surface area contributed by atoms with Crippen molar-refractivity contribution in [3.63, 3.8) is 0 Å². The number of alkyl halides is 1. The third kappa shape index (κ3) is 3.83. The fraction of sp³-hybridized carbons (Fsp3) is 0.733. The molecule has 20 heavy (non-hydrogen) atoms. The number of anilines is 1. The van der Waals surface area contributed by atoms with Crippen molar-refractivity contribution >= 4 is 17.3 Å². The van der Waals surface area contributed by atoms with E-state index in [0.717, 1.165) is 36.8 Å². The number of rotatable bonds is 5. The smallest absolute Gasteiger partial charge is 0.131 e. The molecule has 1 aliphatic heterocycles. The first-order chi connectivity index (χ1) is 9.61. The number of halogens is 1. The molecule has 1 aliphatic rings. The molecule has 5 heteroatoms. The van der Waals surface area contributed by atoms with Gasteiger partial charge in [-0.2, -0.15) is 0 Å². The van der Waals surface area contributed by atoms with Crippen LogP contribution in [-0.2, 0) is 10.6 Å². The summed E-state index contributed by atoms with van der Waals surface area (Å²) in [5.74, 6) is 1.58. The fourth-order valence-corrected chi connectivity index (χ4v) is 2.67. The minimum atomic E-state index is 0.307. The van der Waals surface area contributed by atoms with E-state index in [4.69, 9.17) is 16.3 Å². The molecule has 1 aromatic rings. The summed E-state index contributed by atoms with van der Waals surface area (Å²) >= 11 is 6.05. The van der Waals surface area contributed by atoms with Crippen LogP contribution in [0, 0.1) is 0 Å². The molecule has 0 radical (unpaired) electrons. The van der Waals surface area contributed by atoms with E-state index in [1.165, 1.54) is 12.8 Å². The van der Waals surface area contributed by atoms with Gasteiger partial charge >= 0.3 is 0 Å². The van der Waals surface area contributed by atoms with E-state index in [1.54, 1.807) is 0 Å². The maximum Gasteiger partial charge on any atom is 0.131 e. The average Bonchev–Trinajstić information content (AvgIpc) is 2.47. The van der Waals surface area contributed by atoms with Gasteiger partial charge in [0, 0.05) is 26.1 Å². The number of ether oxygens (including phenoxy) is 1. The Morgan fingerprint density at radius 3 is 2.85 bits per heavy atom. The normalized spacial score (nSPS) is 19.4. The largest absolute Gasteiger partial charge is 0.376 e. The van der Waals surface area contributed by atoms with Crippen LogP contribution in [0.5, 0.6) is 0 Å². The maximum atomic E-state index is 6.05. The van der Waals surface area contributed by atoms with Crippen molar-refractivity contribution in [2.45, 2.75) is 51.0 Å². The van der Waals surface area contributed by atoms with E-state index < -0.39 is 0 Å². The molecular weight excluding hydrogens is 274 g/mol. The van der Waals surface area contributed by atoms with Crippen LogP contribution in [0.2, 0.25) is 0 Å². The van der Waals surface area contributed by atoms with Crippen molar-refractivity contribution in [1.29, 1.82) is 0 Å². The Kier molecular flexibility index (Phi) is 5.61. The van der Waals surface area contributed by atoms with Gasteiger partial charge in [0.1, 0.15) is 5.82 Å². The topological polar surface area (TPSA) is 38.2 Å². The highest BCUT2D eigenvalue weighted by Gasteiger charge is 2.18. The number of likely N-dealkylation sites (N-methyl/N-ethyl adjacent to an activating group) is 1. The van der Waals surface area contributed by atoms with Crippen LogP contribution in [0.4, 0.5) is 5.69 Å². The Bertz CT molecular complexity index is 433. The second kappa shape index (κ2) is 7.23. The number of nitrogens with zero attached hydrogens (tertiary/aromatic N) is 3. The van der Waals surface area contributed by atoms with Gasteiger partial charge in [-0.1, -0.05) is 13.8 Å². The summed E-state index contributed by atoms with van der Waals surface area (Å²) in [7, 11) is 2.06. The van der Waals surface area contributed by atoms with E-state index in [9.17, 15) is 0 Å². The van der Waals surface area contributed by atoms with Crippen LogP contribution in [-0.4, -0.2) is 36.3 Å². The Morgan fingerprint density at radius 2 is 2.25 bits per heavy atom. The highest BCUT2D eigenvalue weighted by molar-refractivity contribution is 6.17. The molecule has 0 spiro atoms. The summed E-state index contributed by atoms with van der Waals surface area (Å²) < 4.78 is 5.79. The van der Waals surface area contributed by atoms with E-state index in [1.807, 2.05) is 6.20 Å². The van der Waals surface area contributed by atoms with Crippen LogP contribution >= 0.6 is 11.6 Å². The molecule has 0 bridgehead atoms. The molecule has 0 amide bonds. The lowest BCUT2D eigenvalue weighted by Crippen LogP contribution is -2.34. The van der Waals surface area contributed by atoms with Crippen LogP contribution < -0.4 is 4.90 Å². The lowest BCUT2D eigenvalue weighted by atomic mass is 10.1. The summed E-state index contributed by atoms with van der Waals surface area (Å²) in [5.41, 5.74) is 1.92. The zero-order valence-electron chi connectivity index (χ0n) is 12.6. The van der Waals surface area contributed by atoms with E-state index in [-0.39, 0.29) is 0 Å². The number of hydrogen-bond acceptors (Lipinski definition) is 4. The molecule has 4 nitrogen and oxygen atoms in total. The van der Waals surface area contributed by atoms with Gasteiger partial charge < -0.3 is 9.64 Å². The van der Waals surface area contributed by atoms with Gasteiger partial charge in [0.05, 0.1) is 29.6 Å². The lowest BCUT2D eigenvalue weighted by Gasteiger charge is -2.29. The van der Waals surface area contributed by atoms with E-state index in [0.29, 0.717) is 17.9 Å². The van der Waals surface area contributed by atoms with Gasteiger partial charge in [-0.05, 0) is 19.3 Å². The molecule has 0 aromatic carbocycles. The minimum absolute atomic E-state index is 0.307. The van der Waals surface area contributed by atoms with Gasteiger partial charge in [0.2, 0.25) is 0 Å². The minimum Gasteiger partial charge on any atom is -0.376 e. The highest BCUT2D eigenvalue weighted by atomic mass is 35.5. The van der Waals surface area contributed by atoms with Crippen molar-refractivity contribution in [3.05, 3.63) is 17.7 Å². The van der Waals surface area contributed by atoms with Crippen LogP contribution in [0.25, 0.3) is 0 Å². The Labute approximate surface area is 126 Å². The molecule has 1 unspecified atom stereocenters. The van der Waals surface area contributed by atoms with E-state index >= 15 is 0 Å². The summed E-state index contributed by atoms with van der Waals surface area (Å²) in [6.07, 6.45) is 5.76. The van der Waals surface area contributed by atoms with Crippen molar-refractivity contribution in [2.75, 3.05) is 25.1 Å². The number of hydrogen-bond donors (Lipinski definition) is 0. The number of aromatic nitrogens is 2. The Balaban J connectivity index is 2.09. The molecule has 1 saturated heterocycles. The Morgan fingerprint density at radius 1 is 1.45 bits per heavy atom. The first-order valence-corrected chi connectivity index (χ1v) is 7.89. The molecule has 1 aromatic heterocycles. The molecule has 2 heterocycles.